The Balaban J connectivity index is 1.64. The molecule has 0 aromatic heterocycles. The van der Waals surface area contributed by atoms with Crippen LogP contribution in [0.2, 0.25) is 0 Å². The van der Waals surface area contributed by atoms with Crippen LogP contribution in [0.15, 0.2) is 109 Å². The highest BCUT2D eigenvalue weighted by molar-refractivity contribution is 5.77. The molecule has 2 heteroatoms. The van der Waals surface area contributed by atoms with Gasteiger partial charge in [-0.25, -0.2) is 0 Å². The molecule has 0 spiro atoms. The number of rotatable bonds is 5. The maximum atomic E-state index is 3.48. The summed E-state index contributed by atoms with van der Waals surface area (Å²) in [6.07, 6.45) is 8.84. The Bertz CT molecular complexity index is 854. The van der Waals surface area contributed by atoms with Gasteiger partial charge in [0.25, 0.3) is 0 Å². The van der Waals surface area contributed by atoms with Crippen molar-refractivity contribution in [1.82, 2.24) is 0 Å². The first-order valence-corrected chi connectivity index (χ1v) is 9.04. The van der Waals surface area contributed by atoms with Crippen molar-refractivity contribution in [3.8, 4) is 0 Å². The summed E-state index contributed by atoms with van der Waals surface area (Å²) in [5.74, 6) is 0. The van der Waals surface area contributed by atoms with E-state index in [9.17, 15) is 0 Å². The lowest BCUT2D eigenvalue weighted by atomic mass is 10.1. The minimum atomic E-state index is 1.10. The fourth-order valence-electron chi connectivity index (χ4n) is 3.17. The van der Waals surface area contributed by atoms with Gasteiger partial charge in [-0.3, -0.25) is 0 Å². The second-order valence-corrected chi connectivity index (χ2v) is 6.32. The number of allylic oxidation sites excluding steroid dienone is 3. The fraction of sp³-hybridized carbons (Fsp3) is 0.0833. The number of hydrogen-bond donors (Lipinski definition) is 1. The van der Waals surface area contributed by atoms with E-state index in [1.165, 1.54) is 5.70 Å². The van der Waals surface area contributed by atoms with Crippen LogP contribution in [0.5, 0.6) is 0 Å². The molecular formula is C24H22N2. The predicted octanol–water partition coefficient (Wildman–Crippen LogP) is 6.80. The van der Waals surface area contributed by atoms with Gasteiger partial charge in [0.05, 0.1) is 0 Å². The molecule has 1 N–H and O–H groups in total. The molecule has 1 aliphatic carbocycles. The normalized spacial score (nSPS) is 13.2. The third kappa shape index (κ3) is 3.70. The van der Waals surface area contributed by atoms with Crippen LogP contribution >= 0.6 is 0 Å². The predicted molar refractivity (Wildman–Crippen MR) is 111 cm³/mol. The molecule has 0 bridgehead atoms. The van der Waals surface area contributed by atoms with Gasteiger partial charge in [-0.2, -0.15) is 0 Å². The summed E-state index contributed by atoms with van der Waals surface area (Å²) in [5, 5.41) is 3.48. The molecule has 0 saturated carbocycles. The van der Waals surface area contributed by atoms with Crippen LogP contribution in [-0.4, -0.2) is 0 Å². The third-order valence-electron chi connectivity index (χ3n) is 4.44. The summed E-state index contributed by atoms with van der Waals surface area (Å²) in [5.41, 5.74) is 5.72. The molecule has 0 aliphatic heterocycles. The van der Waals surface area contributed by atoms with Crippen LogP contribution in [0, 0.1) is 0 Å². The standard InChI is InChI=1S/C24H22N2/c1-4-10-20(11-5-1)25-21-16-18-24(19-17-21)26(22-12-6-2-7-13-22)23-14-8-3-9-15-23/h2-4,6-19,25H,1,5H2. The molecule has 0 saturated heterocycles. The summed E-state index contributed by atoms with van der Waals surface area (Å²) >= 11 is 0. The van der Waals surface area contributed by atoms with E-state index in [4.69, 9.17) is 0 Å². The molecule has 0 fully saturated rings. The number of hydrogen-bond acceptors (Lipinski definition) is 2. The lowest BCUT2D eigenvalue weighted by Gasteiger charge is -2.25. The van der Waals surface area contributed by atoms with Crippen molar-refractivity contribution < 1.29 is 0 Å². The van der Waals surface area contributed by atoms with Crippen molar-refractivity contribution in [2.45, 2.75) is 12.8 Å². The Hall–Kier alpha value is -3.26. The number of anilines is 4. The molecule has 0 unspecified atom stereocenters. The molecule has 1 aliphatic rings. The summed E-state index contributed by atoms with van der Waals surface area (Å²) in [4.78, 5) is 2.27. The first kappa shape index (κ1) is 16.2. The van der Waals surface area contributed by atoms with Crippen molar-refractivity contribution in [3.05, 3.63) is 109 Å². The minimum Gasteiger partial charge on any atom is -0.356 e. The number of nitrogens with zero attached hydrogens (tertiary/aromatic N) is 1. The van der Waals surface area contributed by atoms with Gasteiger partial charge in [-0.1, -0.05) is 48.6 Å². The first-order chi connectivity index (χ1) is 12.9. The van der Waals surface area contributed by atoms with Crippen LogP contribution in [0.25, 0.3) is 0 Å². The summed E-state index contributed by atoms with van der Waals surface area (Å²) in [7, 11) is 0. The molecule has 0 radical (unpaired) electrons. The summed E-state index contributed by atoms with van der Waals surface area (Å²) in [6, 6.07) is 29.5. The van der Waals surface area contributed by atoms with Crippen LogP contribution in [-0.2, 0) is 0 Å². The molecule has 0 atom stereocenters. The Morgan fingerprint density at radius 1 is 0.615 bits per heavy atom. The Kier molecular flexibility index (Phi) is 4.83. The van der Waals surface area contributed by atoms with Gasteiger partial charge in [-0.15, -0.1) is 0 Å². The second-order valence-electron chi connectivity index (χ2n) is 6.32. The molecule has 3 aromatic carbocycles. The van der Waals surface area contributed by atoms with Gasteiger partial charge in [-0.05, 0) is 67.4 Å². The maximum absolute atomic E-state index is 3.48. The van der Waals surface area contributed by atoms with Crippen molar-refractivity contribution in [1.29, 1.82) is 0 Å². The maximum Gasteiger partial charge on any atom is 0.0463 e. The number of para-hydroxylation sites is 2. The highest BCUT2D eigenvalue weighted by atomic mass is 15.1. The third-order valence-corrected chi connectivity index (χ3v) is 4.44. The van der Waals surface area contributed by atoms with Crippen LogP contribution in [0.4, 0.5) is 22.7 Å². The van der Waals surface area contributed by atoms with Gasteiger partial charge in [0, 0.05) is 28.4 Å². The van der Waals surface area contributed by atoms with Crippen molar-refractivity contribution in [2.75, 3.05) is 10.2 Å². The topological polar surface area (TPSA) is 15.3 Å². The van der Waals surface area contributed by atoms with Crippen LogP contribution in [0.3, 0.4) is 0 Å². The average molecular weight is 338 g/mol. The monoisotopic (exact) mass is 338 g/mol. The zero-order valence-corrected chi connectivity index (χ0v) is 14.7. The fourth-order valence-corrected chi connectivity index (χ4v) is 3.17. The van der Waals surface area contributed by atoms with Crippen LogP contribution < -0.4 is 10.2 Å². The van der Waals surface area contributed by atoms with E-state index in [2.05, 4.69) is 101 Å². The number of benzene rings is 3. The van der Waals surface area contributed by atoms with E-state index in [1.807, 2.05) is 12.1 Å². The van der Waals surface area contributed by atoms with E-state index in [-0.39, 0.29) is 0 Å². The van der Waals surface area contributed by atoms with Gasteiger partial charge >= 0.3 is 0 Å². The van der Waals surface area contributed by atoms with E-state index in [0.29, 0.717) is 0 Å². The first-order valence-electron chi connectivity index (χ1n) is 9.04. The summed E-state index contributed by atoms with van der Waals surface area (Å²) in [6.45, 7) is 0. The van der Waals surface area contributed by atoms with Gasteiger partial charge in [0.15, 0.2) is 0 Å². The second kappa shape index (κ2) is 7.75. The molecule has 2 nitrogen and oxygen atoms in total. The van der Waals surface area contributed by atoms with Crippen LogP contribution in [0.1, 0.15) is 12.8 Å². The molecular weight excluding hydrogens is 316 g/mol. The smallest absolute Gasteiger partial charge is 0.0463 e. The van der Waals surface area contributed by atoms with Crippen molar-refractivity contribution in [3.63, 3.8) is 0 Å². The van der Waals surface area contributed by atoms with Gasteiger partial charge < -0.3 is 10.2 Å². The molecule has 3 aromatic rings. The zero-order chi connectivity index (χ0) is 17.6. The number of nitrogens with one attached hydrogen (secondary N) is 1. The van der Waals surface area contributed by atoms with E-state index < -0.39 is 0 Å². The van der Waals surface area contributed by atoms with E-state index in [1.54, 1.807) is 0 Å². The quantitative estimate of drug-likeness (QED) is 0.550. The molecule has 4 rings (SSSR count). The molecule has 0 amide bonds. The SMILES string of the molecule is C1=CC(Nc2ccc(N(c3ccccc3)c3ccccc3)cc2)=CCC1. The summed E-state index contributed by atoms with van der Waals surface area (Å²) < 4.78 is 0. The lowest BCUT2D eigenvalue weighted by Crippen LogP contribution is -2.09. The Morgan fingerprint density at radius 3 is 1.73 bits per heavy atom. The zero-order valence-electron chi connectivity index (χ0n) is 14.7. The van der Waals surface area contributed by atoms with Crippen molar-refractivity contribution in [2.24, 2.45) is 0 Å². The lowest BCUT2D eigenvalue weighted by molar-refractivity contribution is 1.02. The Labute approximate surface area is 155 Å². The average Bonchev–Trinajstić information content (AvgIpc) is 2.72. The largest absolute Gasteiger partial charge is 0.356 e. The van der Waals surface area contributed by atoms with E-state index in [0.717, 1.165) is 35.6 Å². The highest BCUT2D eigenvalue weighted by Gasteiger charge is 2.11. The molecule has 0 heterocycles. The van der Waals surface area contributed by atoms with E-state index >= 15 is 0 Å². The minimum absolute atomic E-state index is 1.10. The highest BCUT2D eigenvalue weighted by Crippen LogP contribution is 2.34. The van der Waals surface area contributed by atoms with Gasteiger partial charge in [0.2, 0.25) is 0 Å². The Morgan fingerprint density at radius 2 is 1.19 bits per heavy atom. The van der Waals surface area contributed by atoms with Crippen molar-refractivity contribution >= 4 is 22.7 Å². The van der Waals surface area contributed by atoms with Gasteiger partial charge in [0.1, 0.15) is 0 Å². The molecule has 128 valence electrons. The molecule has 26 heavy (non-hydrogen) atoms.